The van der Waals surface area contributed by atoms with E-state index in [0.29, 0.717) is 11.8 Å². The summed E-state index contributed by atoms with van der Waals surface area (Å²) >= 11 is 1.90. The summed E-state index contributed by atoms with van der Waals surface area (Å²) in [5, 5.41) is 7.68. The van der Waals surface area contributed by atoms with E-state index in [1.807, 2.05) is 11.3 Å². The molecule has 1 aliphatic carbocycles. The van der Waals surface area contributed by atoms with E-state index in [0.717, 1.165) is 6.42 Å². The smallest absolute Gasteiger partial charge is 0.0541 e. The lowest BCUT2D eigenvalue weighted by Crippen LogP contribution is -2.10. The minimum absolute atomic E-state index is 0.385. The van der Waals surface area contributed by atoms with Crippen LogP contribution in [0.4, 0.5) is 0 Å². The number of fused-ring (bicyclic) bond motifs is 10. The monoisotopic (exact) mass is 757 g/mol. The Bertz CT molecular complexity index is 3400. The van der Waals surface area contributed by atoms with Gasteiger partial charge in [-0.25, -0.2) is 0 Å². The van der Waals surface area contributed by atoms with E-state index in [9.17, 15) is 0 Å². The summed E-state index contributed by atoms with van der Waals surface area (Å²) < 4.78 is 5.14. The Labute approximate surface area is 342 Å². The highest BCUT2D eigenvalue weighted by atomic mass is 32.1. The summed E-state index contributed by atoms with van der Waals surface area (Å²) in [6.07, 6.45) is 1.03. The average Bonchev–Trinajstić information content (AvgIpc) is 3.79. The fourth-order valence-electron chi connectivity index (χ4n) is 10.1. The van der Waals surface area contributed by atoms with Crippen LogP contribution < -0.4 is 0 Å². The first-order valence-corrected chi connectivity index (χ1v) is 21.2. The summed E-state index contributed by atoms with van der Waals surface area (Å²) in [5.74, 6) is 0.806. The maximum atomic E-state index is 2.49. The van der Waals surface area contributed by atoms with E-state index < -0.39 is 0 Å². The van der Waals surface area contributed by atoms with E-state index >= 15 is 0 Å². The van der Waals surface area contributed by atoms with Crippen molar-refractivity contribution in [2.45, 2.75) is 25.2 Å². The zero-order chi connectivity index (χ0) is 38.3. The third-order valence-electron chi connectivity index (χ3n) is 12.9. The minimum atomic E-state index is 0.385. The minimum Gasteiger partial charge on any atom is -0.309 e. The lowest BCUT2D eigenvalue weighted by Gasteiger charge is -2.24. The molecule has 2 heteroatoms. The van der Waals surface area contributed by atoms with Crippen LogP contribution in [0.25, 0.3) is 91.8 Å². The van der Waals surface area contributed by atoms with Crippen LogP contribution in [0.1, 0.15) is 35.4 Å². The number of aromatic nitrogens is 1. The average molecular weight is 758 g/mol. The van der Waals surface area contributed by atoms with Gasteiger partial charge in [0.15, 0.2) is 0 Å². The van der Waals surface area contributed by atoms with Crippen LogP contribution in [0.15, 0.2) is 194 Å². The molecule has 1 nitrogen and oxygen atoms in total. The summed E-state index contributed by atoms with van der Waals surface area (Å²) in [5.41, 5.74) is 15.6. The predicted octanol–water partition coefficient (Wildman–Crippen LogP) is 15.7. The molecule has 0 bridgehead atoms. The van der Waals surface area contributed by atoms with Gasteiger partial charge in [-0.05, 0) is 116 Å². The highest BCUT2D eigenvalue weighted by Crippen LogP contribution is 2.48. The van der Waals surface area contributed by atoms with Crippen LogP contribution in [0.2, 0.25) is 0 Å². The van der Waals surface area contributed by atoms with Gasteiger partial charge in [0.2, 0.25) is 0 Å². The van der Waals surface area contributed by atoms with Crippen molar-refractivity contribution in [3.63, 3.8) is 0 Å². The number of rotatable bonds is 4. The number of nitrogens with zero attached hydrogens (tertiary/aromatic N) is 1. The van der Waals surface area contributed by atoms with E-state index in [4.69, 9.17) is 0 Å². The molecule has 2 unspecified atom stereocenters. The molecular formula is C56H39NS. The Morgan fingerprint density at radius 1 is 0.466 bits per heavy atom. The first-order valence-electron chi connectivity index (χ1n) is 20.4. The Hall–Kier alpha value is -6.74. The molecule has 0 saturated carbocycles. The molecular weight excluding hydrogens is 719 g/mol. The lowest BCUT2D eigenvalue weighted by atomic mass is 9.80. The standard InChI is InChI=1S/C56H39NS/c1-35-42-28-26-38(30-49(42)44-20-8-6-17-40(44)32-48(35)37-14-3-2-4-15-37)39-27-29-54-50(31-39)46-21-9-11-24-53(46)57(54)41-33-51(45-23-13-18-36-16-5-7-19-43(36)45)56-52(34-41)47-22-10-12-25-55(47)58-56/h2-31,33-35,48H,32H2,1H3. The molecule has 2 atom stereocenters. The third kappa shape index (κ3) is 5.15. The van der Waals surface area contributed by atoms with E-state index in [1.165, 1.54) is 109 Å². The second-order valence-corrected chi connectivity index (χ2v) is 17.1. The first-order chi connectivity index (χ1) is 28.7. The first kappa shape index (κ1) is 33.4. The molecule has 274 valence electrons. The quantitative estimate of drug-likeness (QED) is 0.168. The Morgan fingerprint density at radius 3 is 2.07 bits per heavy atom. The maximum Gasteiger partial charge on any atom is 0.0541 e. The van der Waals surface area contributed by atoms with Crippen molar-refractivity contribution >= 4 is 64.1 Å². The topological polar surface area (TPSA) is 4.93 Å². The van der Waals surface area contributed by atoms with Gasteiger partial charge < -0.3 is 4.57 Å². The van der Waals surface area contributed by atoms with Gasteiger partial charge in [0.1, 0.15) is 0 Å². The summed E-state index contributed by atoms with van der Waals surface area (Å²) in [7, 11) is 0. The molecule has 0 saturated heterocycles. The Kier molecular flexibility index (Phi) is 7.58. The molecule has 58 heavy (non-hydrogen) atoms. The van der Waals surface area contributed by atoms with Crippen molar-refractivity contribution in [2.24, 2.45) is 0 Å². The van der Waals surface area contributed by atoms with E-state index in [2.05, 4.69) is 206 Å². The molecule has 12 rings (SSSR count). The molecule has 0 fully saturated rings. The molecule has 0 spiro atoms. The molecule has 0 radical (unpaired) electrons. The number of hydrogen-bond donors (Lipinski definition) is 0. The van der Waals surface area contributed by atoms with Crippen LogP contribution in [0, 0.1) is 0 Å². The van der Waals surface area contributed by atoms with Crippen molar-refractivity contribution in [2.75, 3.05) is 0 Å². The predicted molar refractivity (Wildman–Crippen MR) is 249 cm³/mol. The van der Waals surface area contributed by atoms with Crippen molar-refractivity contribution in [3.05, 3.63) is 211 Å². The molecule has 0 aliphatic heterocycles. The van der Waals surface area contributed by atoms with Crippen LogP contribution in [0.3, 0.4) is 0 Å². The lowest BCUT2D eigenvalue weighted by molar-refractivity contribution is 0.579. The number of para-hydroxylation sites is 1. The molecule has 1 aliphatic rings. The van der Waals surface area contributed by atoms with Crippen molar-refractivity contribution in [1.82, 2.24) is 4.57 Å². The molecule has 11 aromatic rings. The van der Waals surface area contributed by atoms with Gasteiger partial charge in [0.05, 0.1) is 11.0 Å². The van der Waals surface area contributed by atoms with Crippen LogP contribution in [-0.4, -0.2) is 4.57 Å². The second-order valence-electron chi connectivity index (χ2n) is 16.0. The van der Waals surface area contributed by atoms with E-state index in [-0.39, 0.29) is 0 Å². The van der Waals surface area contributed by atoms with Gasteiger partial charge in [0, 0.05) is 42.2 Å². The largest absolute Gasteiger partial charge is 0.309 e. The molecule has 9 aromatic carbocycles. The van der Waals surface area contributed by atoms with Gasteiger partial charge in [0.25, 0.3) is 0 Å². The third-order valence-corrected chi connectivity index (χ3v) is 14.1. The van der Waals surface area contributed by atoms with Crippen LogP contribution in [0.5, 0.6) is 0 Å². The second kappa shape index (κ2) is 13.2. The highest BCUT2D eigenvalue weighted by molar-refractivity contribution is 7.26. The van der Waals surface area contributed by atoms with Crippen LogP contribution in [-0.2, 0) is 6.42 Å². The van der Waals surface area contributed by atoms with Crippen molar-refractivity contribution in [3.8, 4) is 39.1 Å². The van der Waals surface area contributed by atoms with Gasteiger partial charge in [-0.2, -0.15) is 0 Å². The van der Waals surface area contributed by atoms with Crippen molar-refractivity contribution in [1.29, 1.82) is 0 Å². The van der Waals surface area contributed by atoms with Gasteiger partial charge in [-0.1, -0.05) is 159 Å². The summed E-state index contributed by atoms with van der Waals surface area (Å²) in [4.78, 5) is 0. The van der Waals surface area contributed by atoms with Crippen molar-refractivity contribution < 1.29 is 0 Å². The fourth-order valence-corrected chi connectivity index (χ4v) is 11.3. The Morgan fingerprint density at radius 2 is 1.16 bits per heavy atom. The SMILES string of the molecule is CC1c2ccc(-c3ccc4c(c3)c3ccccc3n4-c3cc(-c4cccc5ccccc45)c4sc5ccccc5c4c3)cc2-c2ccccc2CC1c1ccccc1. The zero-order valence-corrected chi connectivity index (χ0v) is 33.0. The summed E-state index contributed by atoms with van der Waals surface area (Å²) in [6.45, 7) is 2.42. The molecule has 0 amide bonds. The summed E-state index contributed by atoms with van der Waals surface area (Å²) in [6, 6.07) is 72.7. The molecule has 2 aromatic heterocycles. The van der Waals surface area contributed by atoms with Gasteiger partial charge >= 0.3 is 0 Å². The molecule has 0 N–H and O–H groups in total. The van der Waals surface area contributed by atoms with Crippen LogP contribution >= 0.6 is 11.3 Å². The fraction of sp³-hybridized carbons (Fsp3) is 0.0714. The highest BCUT2D eigenvalue weighted by Gasteiger charge is 2.29. The number of thiophene rings is 1. The maximum absolute atomic E-state index is 2.49. The Balaban J connectivity index is 1.05. The number of benzene rings is 9. The molecule has 2 heterocycles. The zero-order valence-electron chi connectivity index (χ0n) is 32.2. The normalized spacial score (nSPS) is 15.3. The van der Waals surface area contributed by atoms with E-state index in [1.54, 1.807) is 0 Å². The van der Waals surface area contributed by atoms with Gasteiger partial charge in [-0.3, -0.25) is 0 Å². The number of hydrogen-bond acceptors (Lipinski definition) is 1. The van der Waals surface area contributed by atoms with Gasteiger partial charge in [-0.15, -0.1) is 11.3 Å².